The van der Waals surface area contributed by atoms with Crippen molar-refractivity contribution in [1.29, 1.82) is 0 Å². The lowest BCUT2D eigenvalue weighted by Gasteiger charge is -2.02. The van der Waals surface area contributed by atoms with E-state index in [2.05, 4.69) is 5.10 Å². The molecule has 15 heavy (non-hydrogen) atoms. The summed E-state index contributed by atoms with van der Waals surface area (Å²) in [4.78, 5) is 0. The van der Waals surface area contributed by atoms with Crippen molar-refractivity contribution in [1.82, 2.24) is 9.78 Å². The molecule has 0 spiro atoms. The van der Waals surface area contributed by atoms with Crippen LogP contribution >= 0.6 is 23.2 Å². The van der Waals surface area contributed by atoms with Crippen LogP contribution in [-0.2, 0) is 6.54 Å². The van der Waals surface area contributed by atoms with Crippen LogP contribution in [0.4, 0.5) is 0 Å². The van der Waals surface area contributed by atoms with Gasteiger partial charge in [0.25, 0.3) is 0 Å². The largest absolute Gasteiger partial charge is 0.326 e. The normalized spacial score (nSPS) is 10.6. The number of rotatable bonds is 2. The summed E-state index contributed by atoms with van der Waals surface area (Å²) in [7, 11) is 0. The van der Waals surface area contributed by atoms with Crippen LogP contribution in [0.15, 0.2) is 30.6 Å². The van der Waals surface area contributed by atoms with Gasteiger partial charge < -0.3 is 5.73 Å². The molecule has 2 aromatic rings. The molecule has 0 aliphatic rings. The Kier molecular flexibility index (Phi) is 2.95. The smallest absolute Gasteiger partial charge is 0.0661 e. The number of halogens is 2. The molecule has 0 saturated heterocycles. The summed E-state index contributed by atoms with van der Waals surface area (Å²) >= 11 is 11.7. The predicted octanol–water partition coefficient (Wildman–Crippen LogP) is 2.64. The van der Waals surface area contributed by atoms with Crippen LogP contribution in [0.25, 0.3) is 5.69 Å². The summed E-state index contributed by atoms with van der Waals surface area (Å²) in [5, 5.41) is 5.21. The Balaban J connectivity index is 2.40. The number of hydrogen-bond acceptors (Lipinski definition) is 2. The number of hydrogen-bond donors (Lipinski definition) is 1. The molecule has 2 rings (SSSR count). The Bertz CT molecular complexity index is 479. The highest BCUT2D eigenvalue weighted by Gasteiger charge is 2.02. The maximum absolute atomic E-state index is 5.91. The molecule has 1 heterocycles. The minimum Gasteiger partial charge on any atom is -0.326 e. The second kappa shape index (κ2) is 4.23. The van der Waals surface area contributed by atoms with Gasteiger partial charge in [-0.2, -0.15) is 5.10 Å². The summed E-state index contributed by atoms with van der Waals surface area (Å²) in [6, 6.07) is 5.35. The molecule has 0 atom stereocenters. The summed E-state index contributed by atoms with van der Waals surface area (Å²) in [5.41, 5.74) is 7.33. The highest BCUT2D eigenvalue weighted by Crippen LogP contribution is 2.24. The summed E-state index contributed by atoms with van der Waals surface area (Å²) in [6.45, 7) is 0.474. The Hall–Kier alpha value is -1.03. The third-order valence-electron chi connectivity index (χ3n) is 2.04. The van der Waals surface area contributed by atoms with Gasteiger partial charge in [0, 0.05) is 18.3 Å². The molecule has 0 bridgehead atoms. The fraction of sp³-hybridized carbons (Fsp3) is 0.100. The van der Waals surface area contributed by atoms with Gasteiger partial charge in [0.1, 0.15) is 0 Å². The highest BCUT2D eigenvalue weighted by atomic mass is 35.5. The van der Waals surface area contributed by atoms with E-state index in [4.69, 9.17) is 28.9 Å². The van der Waals surface area contributed by atoms with E-state index in [1.165, 1.54) is 0 Å². The predicted molar refractivity (Wildman–Crippen MR) is 61.5 cm³/mol. The Labute approximate surface area is 97.4 Å². The lowest BCUT2D eigenvalue weighted by atomic mass is 10.3. The van der Waals surface area contributed by atoms with Crippen molar-refractivity contribution in [2.45, 2.75) is 6.54 Å². The van der Waals surface area contributed by atoms with Crippen molar-refractivity contribution in [3.8, 4) is 5.69 Å². The molecule has 78 valence electrons. The quantitative estimate of drug-likeness (QED) is 0.879. The summed E-state index contributed by atoms with van der Waals surface area (Å²) in [5.74, 6) is 0. The molecule has 0 amide bonds. The molecule has 0 radical (unpaired) electrons. The Morgan fingerprint density at radius 2 is 2.07 bits per heavy atom. The van der Waals surface area contributed by atoms with Crippen molar-refractivity contribution in [2.75, 3.05) is 0 Å². The molecule has 0 aliphatic heterocycles. The SMILES string of the molecule is NCc1cnn(-c2ccc(Cl)c(Cl)c2)c1. The molecular formula is C10H9Cl2N3. The molecule has 2 N–H and O–H groups in total. The zero-order chi connectivity index (χ0) is 10.8. The van der Waals surface area contributed by atoms with Crippen LogP contribution in [0.3, 0.4) is 0 Å². The second-order valence-corrected chi connectivity index (χ2v) is 3.91. The van der Waals surface area contributed by atoms with E-state index in [0.717, 1.165) is 11.3 Å². The zero-order valence-corrected chi connectivity index (χ0v) is 9.33. The molecule has 5 heteroatoms. The lowest BCUT2D eigenvalue weighted by Crippen LogP contribution is -1.95. The van der Waals surface area contributed by atoms with Crippen LogP contribution < -0.4 is 5.73 Å². The molecule has 1 aromatic carbocycles. The van der Waals surface area contributed by atoms with Gasteiger partial charge in [0.15, 0.2) is 0 Å². The maximum Gasteiger partial charge on any atom is 0.0661 e. The van der Waals surface area contributed by atoms with Gasteiger partial charge in [-0.3, -0.25) is 0 Å². The first-order valence-electron chi connectivity index (χ1n) is 4.40. The summed E-state index contributed by atoms with van der Waals surface area (Å²) in [6.07, 6.45) is 3.59. The van der Waals surface area contributed by atoms with Crippen molar-refractivity contribution in [3.63, 3.8) is 0 Å². The first-order chi connectivity index (χ1) is 7.20. The van der Waals surface area contributed by atoms with E-state index in [-0.39, 0.29) is 0 Å². The van der Waals surface area contributed by atoms with Crippen molar-refractivity contribution in [3.05, 3.63) is 46.2 Å². The Morgan fingerprint density at radius 1 is 1.27 bits per heavy atom. The minimum atomic E-state index is 0.474. The zero-order valence-electron chi connectivity index (χ0n) is 7.82. The third-order valence-corrected chi connectivity index (χ3v) is 2.78. The third kappa shape index (κ3) is 2.15. The van der Waals surface area contributed by atoms with Gasteiger partial charge in [-0.05, 0) is 18.2 Å². The van der Waals surface area contributed by atoms with Crippen molar-refractivity contribution in [2.24, 2.45) is 5.73 Å². The fourth-order valence-corrected chi connectivity index (χ4v) is 1.53. The van der Waals surface area contributed by atoms with Crippen LogP contribution in [-0.4, -0.2) is 9.78 Å². The molecule has 0 unspecified atom stereocenters. The molecule has 3 nitrogen and oxygen atoms in total. The van der Waals surface area contributed by atoms with E-state index in [0.29, 0.717) is 16.6 Å². The molecular weight excluding hydrogens is 233 g/mol. The molecule has 1 aromatic heterocycles. The van der Waals surface area contributed by atoms with Crippen molar-refractivity contribution < 1.29 is 0 Å². The fourth-order valence-electron chi connectivity index (χ4n) is 1.23. The number of benzene rings is 1. The van der Waals surface area contributed by atoms with E-state index in [1.807, 2.05) is 12.3 Å². The van der Waals surface area contributed by atoms with E-state index < -0.39 is 0 Å². The van der Waals surface area contributed by atoms with Gasteiger partial charge in [0.05, 0.1) is 21.9 Å². The summed E-state index contributed by atoms with van der Waals surface area (Å²) < 4.78 is 1.71. The van der Waals surface area contributed by atoms with Crippen LogP contribution in [0, 0.1) is 0 Å². The molecule has 0 saturated carbocycles. The van der Waals surface area contributed by atoms with Crippen LogP contribution in [0.1, 0.15) is 5.56 Å². The highest BCUT2D eigenvalue weighted by molar-refractivity contribution is 6.42. The van der Waals surface area contributed by atoms with Gasteiger partial charge in [-0.25, -0.2) is 4.68 Å². The lowest BCUT2D eigenvalue weighted by molar-refractivity contribution is 0.879. The van der Waals surface area contributed by atoms with Crippen molar-refractivity contribution >= 4 is 23.2 Å². The average molecular weight is 242 g/mol. The number of nitrogens with zero attached hydrogens (tertiary/aromatic N) is 2. The number of aromatic nitrogens is 2. The van der Waals surface area contributed by atoms with Crippen LogP contribution in [0.2, 0.25) is 10.0 Å². The van der Waals surface area contributed by atoms with Gasteiger partial charge in [-0.1, -0.05) is 23.2 Å². The first-order valence-corrected chi connectivity index (χ1v) is 5.15. The topological polar surface area (TPSA) is 43.8 Å². The maximum atomic E-state index is 5.91. The van der Waals surface area contributed by atoms with E-state index in [1.54, 1.807) is 23.0 Å². The van der Waals surface area contributed by atoms with Gasteiger partial charge in [0.2, 0.25) is 0 Å². The average Bonchev–Trinajstić information content (AvgIpc) is 2.70. The number of nitrogens with two attached hydrogens (primary N) is 1. The monoisotopic (exact) mass is 241 g/mol. The minimum absolute atomic E-state index is 0.474. The van der Waals surface area contributed by atoms with Gasteiger partial charge >= 0.3 is 0 Å². The molecule has 0 fully saturated rings. The van der Waals surface area contributed by atoms with E-state index >= 15 is 0 Å². The second-order valence-electron chi connectivity index (χ2n) is 3.10. The van der Waals surface area contributed by atoms with E-state index in [9.17, 15) is 0 Å². The molecule has 0 aliphatic carbocycles. The van der Waals surface area contributed by atoms with Gasteiger partial charge in [-0.15, -0.1) is 0 Å². The van der Waals surface area contributed by atoms with Crippen LogP contribution in [0.5, 0.6) is 0 Å². The Morgan fingerprint density at radius 3 is 2.67 bits per heavy atom. The standard InChI is InChI=1S/C10H9Cl2N3/c11-9-2-1-8(3-10(9)12)15-6-7(4-13)5-14-15/h1-3,5-6H,4,13H2. The first kappa shape index (κ1) is 10.5.